The van der Waals surface area contributed by atoms with Crippen molar-refractivity contribution in [1.29, 1.82) is 0 Å². The van der Waals surface area contributed by atoms with Gasteiger partial charge in [0, 0.05) is 10.5 Å². The van der Waals surface area contributed by atoms with Crippen LogP contribution in [-0.2, 0) is 0 Å². The van der Waals surface area contributed by atoms with Crippen molar-refractivity contribution in [3.63, 3.8) is 0 Å². The Morgan fingerprint density at radius 2 is 2.12 bits per heavy atom. The minimum absolute atomic E-state index is 0.389. The van der Waals surface area contributed by atoms with Crippen molar-refractivity contribution in [3.8, 4) is 0 Å². The molecular weight excluding hydrogens is 274 g/mol. The number of halogens is 1. The van der Waals surface area contributed by atoms with E-state index in [1.165, 1.54) is 16.7 Å². The number of hydrogen-bond acceptors (Lipinski definition) is 1. The van der Waals surface area contributed by atoms with E-state index in [2.05, 4.69) is 66.8 Å². The Labute approximate surface area is 113 Å². The van der Waals surface area contributed by atoms with Crippen LogP contribution in [-0.4, -0.2) is 6.54 Å². The smallest absolute Gasteiger partial charge is 0.0360 e. The maximum atomic E-state index is 4.12. The summed E-state index contributed by atoms with van der Waals surface area (Å²) < 4.78 is 1.14. The highest BCUT2D eigenvalue weighted by Gasteiger charge is 2.13. The van der Waals surface area contributed by atoms with Gasteiger partial charge in [0.15, 0.2) is 0 Å². The lowest BCUT2D eigenvalue weighted by atomic mass is 9.95. The third kappa shape index (κ3) is 4.29. The van der Waals surface area contributed by atoms with E-state index in [0.717, 1.165) is 23.9 Å². The summed E-state index contributed by atoms with van der Waals surface area (Å²) in [6, 6.07) is 6.88. The van der Waals surface area contributed by atoms with Crippen LogP contribution in [0.5, 0.6) is 0 Å². The Hall–Kier alpha value is -0.600. The molecule has 1 unspecified atom stereocenters. The minimum atomic E-state index is 0.389. The maximum absolute atomic E-state index is 4.12. The summed E-state index contributed by atoms with van der Waals surface area (Å²) in [5, 5.41) is 3.55. The second-order valence-corrected chi connectivity index (χ2v) is 5.33. The number of benzene rings is 1. The van der Waals surface area contributed by atoms with E-state index in [4.69, 9.17) is 0 Å². The zero-order valence-corrected chi connectivity index (χ0v) is 12.6. The van der Waals surface area contributed by atoms with Gasteiger partial charge in [-0.3, -0.25) is 0 Å². The first-order chi connectivity index (χ1) is 8.08. The Kier molecular flexibility index (Phi) is 5.93. The van der Waals surface area contributed by atoms with Crippen molar-refractivity contribution in [2.45, 2.75) is 39.7 Å². The topological polar surface area (TPSA) is 12.0 Å². The van der Waals surface area contributed by atoms with Crippen LogP contribution in [0.3, 0.4) is 0 Å². The average Bonchev–Trinajstić information content (AvgIpc) is 2.28. The summed E-state index contributed by atoms with van der Waals surface area (Å²) in [5.41, 5.74) is 4.01. The van der Waals surface area contributed by atoms with Crippen LogP contribution < -0.4 is 5.32 Å². The predicted octanol–water partition coefficient (Wildman–Crippen LogP) is 4.76. The normalized spacial score (nSPS) is 12.5. The molecule has 0 aliphatic carbocycles. The van der Waals surface area contributed by atoms with E-state index in [9.17, 15) is 0 Å². The molecule has 0 aliphatic heterocycles. The predicted molar refractivity (Wildman–Crippen MR) is 79.3 cm³/mol. The molecule has 0 aliphatic rings. The minimum Gasteiger partial charge on any atom is -0.310 e. The molecule has 0 saturated heterocycles. The number of aryl methyl sites for hydroxylation is 1. The van der Waals surface area contributed by atoms with Gasteiger partial charge >= 0.3 is 0 Å². The first kappa shape index (κ1) is 14.5. The molecule has 0 aromatic heterocycles. The summed E-state index contributed by atoms with van der Waals surface area (Å²) >= 11 is 3.51. The number of nitrogens with one attached hydrogen (secondary N) is 1. The molecule has 0 spiro atoms. The molecule has 2 heteroatoms. The fourth-order valence-electron chi connectivity index (χ4n) is 2.00. The fourth-order valence-corrected chi connectivity index (χ4v) is 2.48. The molecule has 0 heterocycles. The summed E-state index contributed by atoms with van der Waals surface area (Å²) in [4.78, 5) is 0. The lowest BCUT2D eigenvalue weighted by Crippen LogP contribution is -2.22. The molecule has 0 amide bonds. The van der Waals surface area contributed by atoms with Crippen molar-refractivity contribution in [2.75, 3.05) is 6.54 Å². The first-order valence-corrected chi connectivity index (χ1v) is 7.03. The Bertz CT molecular complexity index is 385. The van der Waals surface area contributed by atoms with Gasteiger partial charge in [0.2, 0.25) is 0 Å². The van der Waals surface area contributed by atoms with Crippen molar-refractivity contribution in [3.05, 3.63) is 46.0 Å². The molecule has 1 nitrogen and oxygen atoms in total. The monoisotopic (exact) mass is 295 g/mol. The van der Waals surface area contributed by atoms with Crippen LogP contribution in [0.15, 0.2) is 34.8 Å². The largest absolute Gasteiger partial charge is 0.310 e. The van der Waals surface area contributed by atoms with E-state index in [0.29, 0.717) is 6.04 Å². The zero-order valence-electron chi connectivity index (χ0n) is 11.0. The van der Waals surface area contributed by atoms with Crippen molar-refractivity contribution in [2.24, 2.45) is 0 Å². The van der Waals surface area contributed by atoms with Gasteiger partial charge in [0.1, 0.15) is 0 Å². The average molecular weight is 296 g/mol. The lowest BCUT2D eigenvalue weighted by Gasteiger charge is -2.21. The molecule has 94 valence electrons. The standard InChI is InChI=1S/C15H22BrN/c1-5-11(3)9-15(17-6-2)14-8-7-13(16)10-12(14)4/h7-8,10,15,17H,3,5-6,9H2,1-2,4H3. The van der Waals surface area contributed by atoms with Gasteiger partial charge in [-0.05, 0) is 49.6 Å². The van der Waals surface area contributed by atoms with Crippen LogP contribution in [0, 0.1) is 6.92 Å². The molecule has 1 atom stereocenters. The second-order valence-electron chi connectivity index (χ2n) is 4.42. The van der Waals surface area contributed by atoms with E-state index < -0.39 is 0 Å². The van der Waals surface area contributed by atoms with Gasteiger partial charge < -0.3 is 5.32 Å². The molecule has 17 heavy (non-hydrogen) atoms. The summed E-state index contributed by atoms with van der Waals surface area (Å²) in [6.07, 6.45) is 2.07. The highest BCUT2D eigenvalue weighted by Crippen LogP contribution is 2.26. The third-order valence-corrected chi connectivity index (χ3v) is 3.54. The van der Waals surface area contributed by atoms with E-state index >= 15 is 0 Å². The maximum Gasteiger partial charge on any atom is 0.0360 e. The Morgan fingerprint density at radius 1 is 1.41 bits per heavy atom. The SMILES string of the molecule is C=C(CC)CC(NCC)c1ccc(Br)cc1C. The molecule has 1 aromatic carbocycles. The zero-order chi connectivity index (χ0) is 12.8. The summed E-state index contributed by atoms with van der Waals surface area (Å²) in [5.74, 6) is 0. The fraction of sp³-hybridized carbons (Fsp3) is 0.467. The molecule has 0 bridgehead atoms. The molecule has 1 rings (SSSR count). The first-order valence-electron chi connectivity index (χ1n) is 6.24. The van der Waals surface area contributed by atoms with E-state index in [1.807, 2.05) is 0 Å². The highest BCUT2D eigenvalue weighted by atomic mass is 79.9. The second kappa shape index (κ2) is 6.97. The van der Waals surface area contributed by atoms with Crippen LogP contribution in [0.2, 0.25) is 0 Å². The van der Waals surface area contributed by atoms with Crippen molar-refractivity contribution >= 4 is 15.9 Å². The molecular formula is C15H22BrN. The number of rotatable bonds is 6. The van der Waals surface area contributed by atoms with Gasteiger partial charge in [-0.2, -0.15) is 0 Å². The van der Waals surface area contributed by atoms with Gasteiger partial charge in [-0.25, -0.2) is 0 Å². The summed E-state index contributed by atoms with van der Waals surface area (Å²) in [7, 11) is 0. The highest BCUT2D eigenvalue weighted by molar-refractivity contribution is 9.10. The molecule has 0 radical (unpaired) electrons. The molecule has 0 saturated carbocycles. The summed E-state index contributed by atoms with van der Waals surface area (Å²) in [6.45, 7) is 11.6. The molecule has 1 aromatic rings. The van der Waals surface area contributed by atoms with E-state index in [1.54, 1.807) is 0 Å². The van der Waals surface area contributed by atoms with Crippen molar-refractivity contribution < 1.29 is 0 Å². The third-order valence-electron chi connectivity index (χ3n) is 3.05. The van der Waals surface area contributed by atoms with Crippen LogP contribution in [0.4, 0.5) is 0 Å². The van der Waals surface area contributed by atoms with Gasteiger partial charge in [0.05, 0.1) is 0 Å². The van der Waals surface area contributed by atoms with E-state index in [-0.39, 0.29) is 0 Å². The van der Waals surface area contributed by atoms with Crippen LogP contribution in [0.1, 0.15) is 43.9 Å². The lowest BCUT2D eigenvalue weighted by molar-refractivity contribution is 0.540. The van der Waals surface area contributed by atoms with Crippen LogP contribution >= 0.6 is 15.9 Å². The molecule has 1 N–H and O–H groups in total. The van der Waals surface area contributed by atoms with Gasteiger partial charge in [-0.15, -0.1) is 0 Å². The van der Waals surface area contributed by atoms with Crippen molar-refractivity contribution in [1.82, 2.24) is 5.32 Å². The Morgan fingerprint density at radius 3 is 2.65 bits per heavy atom. The quantitative estimate of drug-likeness (QED) is 0.746. The molecule has 0 fully saturated rings. The Balaban J connectivity index is 2.92. The van der Waals surface area contributed by atoms with Gasteiger partial charge in [-0.1, -0.05) is 48.0 Å². The number of hydrogen-bond donors (Lipinski definition) is 1. The van der Waals surface area contributed by atoms with Crippen LogP contribution in [0.25, 0.3) is 0 Å². The van der Waals surface area contributed by atoms with Gasteiger partial charge in [0.25, 0.3) is 0 Å².